The Bertz CT molecular complexity index is 392. The number of ether oxygens (including phenoxy) is 1. The zero-order valence-corrected chi connectivity index (χ0v) is 10.7. The fourth-order valence-electron chi connectivity index (χ4n) is 1.99. The van der Waals surface area contributed by atoms with Crippen LogP contribution in [0.5, 0.6) is 0 Å². The van der Waals surface area contributed by atoms with Crippen LogP contribution in [-0.2, 0) is 9.53 Å². The van der Waals surface area contributed by atoms with Crippen LogP contribution in [-0.4, -0.2) is 57.4 Å². The molecule has 1 amide bonds. The van der Waals surface area contributed by atoms with Crippen LogP contribution in [0, 0.1) is 0 Å². The van der Waals surface area contributed by atoms with E-state index in [4.69, 9.17) is 10.5 Å². The van der Waals surface area contributed by atoms with E-state index in [1.54, 1.807) is 15.9 Å². The molecule has 7 heteroatoms. The molecule has 3 atom stereocenters. The number of carbonyl (C=O) groups excluding carboxylic acids is 1. The second kappa shape index (κ2) is 5.45. The lowest BCUT2D eigenvalue weighted by Crippen LogP contribution is -2.52. The third-order valence-electron chi connectivity index (χ3n) is 3.18. The molecule has 100 valence electrons. The molecule has 0 bridgehead atoms. The average Bonchev–Trinajstić information content (AvgIpc) is 2.91. The molecule has 1 fully saturated rings. The molecular weight excluding hydrogens is 234 g/mol. The van der Waals surface area contributed by atoms with Gasteiger partial charge in [0.1, 0.15) is 18.7 Å². The quantitative estimate of drug-likeness (QED) is 0.778. The van der Waals surface area contributed by atoms with Gasteiger partial charge < -0.3 is 15.4 Å². The maximum Gasteiger partial charge on any atom is 0.247 e. The number of morpholine rings is 1. The molecule has 0 radical (unpaired) electrons. The standard InChI is InChI=1S/C11H19N5O2/c1-8(12)10-5-15(3-4-18-10)11(17)9(2)16-7-13-6-14-16/h6-10H,3-5,12H2,1-2H3. The van der Waals surface area contributed by atoms with E-state index in [0.29, 0.717) is 19.7 Å². The first-order valence-electron chi connectivity index (χ1n) is 6.09. The molecular formula is C11H19N5O2. The van der Waals surface area contributed by atoms with Gasteiger partial charge in [-0.2, -0.15) is 5.10 Å². The summed E-state index contributed by atoms with van der Waals surface area (Å²) in [4.78, 5) is 17.9. The minimum Gasteiger partial charge on any atom is -0.373 e. The molecule has 0 aliphatic carbocycles. The molecule has 1 aromatic heterocycles. The Morgan fingerprint density at radius 3 is 2.94 bits per heavy atom. The second-order valence-electron chi connectivity index (χ2n) is 4.60. The zero-order valence-electron chi connectivity index (χ0n) is 10.7. The van der Waals surface area contributed by atoms with Crippen molar-refractivity contribution in [2.24, 2.45) is 5.73 Å². The molecule has 0 saturated carbocycles. The van der Waals surface area contributed by atoms with Crippen molar-refractivity contribution in [3.63, 3.8) is 0 Å². The Hall–Kier alpha value is -1.47. The number of rotatable bonds is 3. The minimum atomic E-state index is -0.348. The second-order valence-corrected chi connectivity index (χ2v) is 4.60. The first-order chi connectivity index (χ1) is 8.59. The van der Waals surface area contributed by atoms with Crippen LogP contribution in [0.2, 0.25) is 0 Å². The largest absolute Gasteiger partial charge is 0.373 e. The van der Waals surface area contributed by atoms with Crippen molar-refractivity contribution in [1.29, 1.82) is 0 Å². The number of carbonyl (C=O) groups is 1. The van der Waals surface area contributed by atoms with Crippen molar-refractivity contribution in [3.8, 4) is 0 Å². The minimum absolute atomic E-state index is 0.0226. The van der Waals surface area contributed by atoms with E-state index in [1.165, 1.54) is 6.33 Å². The van der Waals surface area contributed by atoms with Crippen LogP contribution >= 0.6 is 0 Å². The number of hydrogen-bond donors (Lipinski definition) is 1. The van der Waals surface area contributed by atoms with Gasteiger partial charge in [-0.1, -0.05) is 0 Å². The third-order valence-corrected chi connectivity index (χ3v) is 3.18. The molecule has 1 saturated heterocycles. The SMILES string of the molecule is CC(N)C1CN(C(=O)C(C)n2cncn2)CCO1. The molecule has 2 heterocycles. The topological polar surface area (TPSA) is 86.3 Å². The highest BCUT2D eigenvalue weighted by molar-refractivity contribution is 5.80. The molecule has 2 N–H and O–H groups in total. The summed E-state index contributed by atoms with van der Waals surface area (Å²) in [5.74, 6) is 0.0226. The van der Waals surface area contributed by atoms with E-state index < -0.39 is 0 Å². The van der Waals surface area contributed by atoms with Crippen molar-refractivity contribution in [3.05, 3.63) is 12.7 Å². The lowest BCUT2D eigenvalue weighted by atomic mass is 10.1. The Balaban J connectivity index is 2.00. The van der Waals surface area contributed by atoms with Gasteiger partial charge in [-0.25, -0.2) is 9.67 Å². The van der Waals surface area contributed by atoms with Crippen molar-refractivity contribution in [2.75, 3.05) is 19.7 Å². The number of aromatic nitrogens is 3. The van der Waals surface area contributed by atoms with Gasteiger partial charge in [0, 0.05) is 19.1 Å². The molecule has 1 aromatic rings. The van der Waals surface area contributed by atoms with E-state index in [2.05, 4.69) is 10.1 Å². The number of hydrogen-bond acceptors (Lipinski definition) is 5. The zero-order chi connectivity index (χ0) is 13.1. The summed E-state index contributed by atoms with van der Waals surface area (Å²) in [6.45, 7) is 5.37. The van der Waals surface area contributed by atoms with Crippen LogP contribution in [0.15, 0.2) is 12.7 Å². The Morgan fingerprint density at radius 2 is 2.33 bits per heavy atom. The first-order valence-corrected chi connectivity index (χ1v) is 6.09. The van der Waals surface area contributed by atoms with Gasteiger partial charge in [-0.3, -0.25) is 4.79 Å². The average molecular weight is 253 g/mol. The summed E-state index contributed by atoms with van der Waals surface area (Å²) in [6, 6.07) is -0.429. The van der Waals surface area contributed by atoms with Crippen molar-refractivity contribution < 1.29 is 9.53 Å². The number of nitrogens with zero attached hydrogens (tertiary/aromatic N) is 4. The first kappa shape index (κ1) is 13.0. The smallest absolute Gasteiger partial charge is 0.247 e. The normalized spacial score (nSPS) is 23.7. The van der Waals surface area contributed by atoms with Crippen molar-refractivity contribution in [1.82, 2.24) is 19.7 Å². The van der Waals surface area contributed by atoms with Gasteiger partial charge in [0.25, 0.3) is 0 Å². The van der Waals surface area contributed by atoms with Gasteiger partial charge >= 0.3 is 0 Å². The fraction of sp³-hybridized carbons (Fsp3) is 0.727. The van der Waals surface area contributed by atoms with Crippen LogP contribution in [0.1, 0.15) is 19.9 Å². The Morgan fingerprint density at radius 1 is 1.56 bits per heavy atom. The Labute approximate surface area is 106 Å². The number of nitrogens with two attached hydrogens (primary N) is 1. The number of amides is 1. The van der Waals surface area contributed by atoms with Crippen LogP contribution in [0.4, 0.5) is 0 Å². The van der Waals surface area contributed by atoms with Crippen LogP contribution < -0.4 is 5.73 Å². The predicted octanol–water partition coefficient (Wildman–Crippen LogP) is -0.586. The van der Waals surface area contributed by atoms with E-state index in [-0.39, 0.29) is 24.1 Å². The summed E-state index contributed by atoms with van der Waals surface area (Å²) in [7, 11) is 0. The molecule has 3 unspecified atom stereocenters. The summed E-state index contributed by atoms with van der Waals surface area (Å²) in [6.07, 6.45) is 2.88. The van der Waals surface area contributed by atoms with Crippen LogP contribution in [0.25, 0.3) is 0 Å². The lowest BCUT2D eigenvalue weighted by Gasteiger charge is -2.35. The molecule has 0 aromatic carbocycles. The summed E-state index contributed by atoms with van der Waals surface area (Å²) >= 11 is 0. The van der Waals surface area contributed by atoms with Crippen LogP contribution in [0.3, 0.4) is 0 Å². The van der Waals surface area contributed by atoms with Crippen molar-refractivity contribution >= 4 is 5.91 Å². The summed E-state index contributed by atoms with van der Waals surface area (Å²) in [5, 5.41) is 3.99. The van der Waals surface area contributed by atoms with Crippen molar-refractivity contribution in [2.45, 2.75) is 32.0 Å². The molecule has 0 spiro atoms. The highest BCUT2D eigenvalue weighted by Crippen LogP contribution is 2.13. The maximum atomic E-state index is 12.3. The molecule has 1 aliphatic rings. The Kier molecular flexibility index (Phi) is 3.93. The van der Waals surface area contributed by atoms with E-state index in [1.807, 2.05) is 13.8 Å². The third kappa shape index (κ3) is 2.68. The van der Waals surface area contributed by atoms with E-state index in [9.17, 15) is 4.79 Å². The lowest BCUT2D eigenvalue weighted by molar-refractivity contribution is -0.142. The monoisotopic (exact) mass is 253 g/mol. The van der Waals surface area contributed by atoms with Gasteiger partial charge in [-0.05, 0) is 13.8 Å². The fourth-order valence-corrected chi connectivity index (χ4v) is 1.99. The molecule has 7 nitrogen and oxygen atoms in total. The van der Waals surface area contributed by atoms with Gasteiger partial charge in [0.2, 0.25) is 5.91 Å². The van der Waals surface area contributed by atoms with Gasteiger partial charge in [-0.15, -0.1) is 0 Å². The molecule has 2 rings (SSSR count). The predicted molar refractivity (Wildman–Crippen MR) is 64.7 cm³/mol. The highest BCUT2D eigenvalue weighted by Gasteiger charge is 2.29. The summed E-state index contributed by atoms with van der Waals surface area (Å²) in [5.41, 5.74) is 5.81. The molecule has 1 aliphatic heterocycles. The summed E-state index contributed by atoms with van der Waals surface area (Å²) < 4.78 is 7.09. The van der Waals surface area contributed by atoms with Gasteiger partial charge in [0.05, 0.1) is 12.7 Å². The van der Waals surface area contributed by atoms with Gasteiger partial charge in [0.15, 0.2) is 0 Å². The van der Waals surface area contributed by atoms with E-state index >= 15 is 0 Å². The molecule has 18 heavy (non-hydrogen) atoms. The highest BCUT2D eigenvalue weighted by atomic mass is 16.5. The van der Waals surface area contributed by atoms with E-state index in [0.717, 1.165) is 0 Å². The maximum absolute atomic E-state index is 12.3.